The van der Waals surface area contributed by atoms with Crippen LogP contribution in [-0.4, -0.2) is 29.1 Å². The third-order valence-electron chi connectivity index (χ3n) is 5.70. The molecule has 1 aliphatic carbocycles. The third kappa shape index (κ3) is 4.91. The van der Waals surface area contributed by atoms with Crippen molar-refractivity contribution in [1.29, 1.82) is 0 Å². The molecule has 0 radical (unpaired) electrons. The SMILES string of the molecule is CN(C)C(c1ccccc1)C1CCC(=C=Cc2nc(-c3cccc(Cl)c3)no2)CC1. The Morgan fingerprint density at radius 2 is 1.87 bits per heavy atom. The molecule has 154 valence electrons. The molecule has 0 spiro atoms. The van der Waals surface area contributed by atoms with Crippen molar-refractivity contribution >= 4 is 17.7 Å². The molecule has 0 bridgehead atoms. The molecule has 2 aromatic carbocycles. The number of hydrogen-bond donors (Lipinski definition) is 0. The minimum atomic E-state index is 0.452. The molecular formula is C25H26ClN3O. The minimum absolute atomic E-state index is 0.452. The highest BCUT2D eigenvalue weighted by Crippen LogP contribution is 2.38. The topological polar surface area (TPSA) is 42.2 Å². The molecule has 1 aliphatic rings. The summed E-state index contributed by atoms with van der Waals surface area (Å²) >= 11 is 6.04. The van der Waals surface area contributed by atoms with Gasteiger partial charge in [0.05, 0.1) is 0 Å². The number of halogens is 1. The molecule has 0 saturated heterocycles. The standard InChI is InChI=1S/C25H26ClN3O/c1-29(2)24(19-7-4-3-5-8-19)20-14-11-18(12-15-20)13-16-23-27-25(28-30-23)21-9-6-10-22(26)17-21/h3-10,16-17,20,24H,11-12,14-15H2,1-2H3. The molecule has 5 heteroatoms. The number of hydrogen-bond acceptors (Lipinski definition) is 4. The summed E-state index contributed by atoms with van der Waals surface area (Å²) < 4.78 is 5.36. The lowest BCUT2D eigenvalue weighted by atomic mass is 9.79. The van der Waals surface area contributed by atoms with Crippen molar-refractivity contribution in [2.24, 2.45) is 5.92 Å². The van der Waals surface area contributed by atoms with Crippen molar-refractivity contribution < 1.29 is 4.52 Å². The molecule has 0 aliphatic heterocycles. The van der Waals surface area contributed by atoms with Crippen LogP contribution in [0.1, 0.15) is 43.2 Å². The van der Waals surface area contributed by atoms with E-state index in [1.165, 1.54) is 11.1 Å². The summed E-state index contributed by atoms with van der Waals surface area (Å²) in [6.07, 6.45) is 6.22. The van der Waals surface area contributed by atoms with Crippen LogP contribution in [0, 0.1) is 5.92 Å². The minimum Gasteiger partial charge on any atom is -0.334 e. The smallest absolute Gasteiger partial charge is 0.258 e. The average Bonchev–Trinajstić information content (AvgIpc) is 3.23. The molecular weight excluding hydrogens is 394 g/mol. The van der Waals surface area contributed by atoms with Crippen LogP contribution in [0.2, 0.25) is 5.02 Å². The van der Waals surface area contributed by atoms with Gasteiger partial charge in [-0.25, -0.2) is 0 Å². The summed E-state index contributed by atoms with van der Waals surface area (Å²) in [4.78, 5) is 6.79. The summed E-state index contributed by atoms with van der Waals surface area (Å²) in [5.74, 6) is 1.65. The van der Waals surface area contributed by atoms with Gasteiger partial charge in [0, 0.05) is 22.7 Å². The maximum absolute atomic E-state index is 6.04. The molecule has 1 fully saturated rings. The molecule has 1 aromatic heterocycles. The maximum atomic E-state index is 6.04. The second kappa shape index (κ2) is 9.44. The molecule has 4 rings (SSSR count). The van der Waals surface area contributed by atoms with Crippen molar-refractivity contribution in [1.82, 2.24) is 15.0 Å². The van der Waals surface area contributed by atoms with Crippen LogP contribution < -0.4 is 0 Å². The van der Waals surface area contributed by atoms with Crippen LogP contribution in [-0.2, 0) is 0 Å². The van der Waals surface area contributed by atoms with E-state index in [1.54, 1.807) is 6.08 Å². The Morgan fingerprint density at radius 1 is 1.10 bits per heavy atom. The lowest BCUT2D eigenvalue weighted by Gasteiger charge is -2.35. The van der Waals surface area contributed by atoms with E-state index >= 15 is 0 Å². The van der Waals surface area contributed by atoms with E-state index < -0.39 is 0 Å². The fourth-order valence-corrected chi connectivity index (χ4v) is 4.48. The van der Waals surface area contributed by atoms with E-state index in [9.17, 15) is 0 Å². The number of benzene rings is 2. The summed E-state index contributed by atoms with van der Waals surface area (Å²) in [7, 11) is 4.35. The first-order chi connectivity index (χ1) is 14.6. The Bertz CT molecular complexity index is 1040. The second-order valence-corrected chi connectivity index (χ2v) is 8.45. The number of aromatic nitrogens is 2. The van der Waals surface area contributed by atoms with Crippen molar-refractivity contribution in [3.05, 3.63) is 82.4 Å². The molecule has 1 saturated carbocycles. The molecule has 1 heterocycles. The fraction of sp³-hybridized carbons (Fsp3) is 0.320. The maximum Gasteiger partial charge on any atom is 0.258 e. The highest BCUT2D eigenvalue weighted by atomic mass is 35.5. The molecule has 4 nitrogen and oxygen atoms in total. The van der Waals surface area contributed by atoms with Crippen LogP contribution >= 0.6 is 11.6 Å². The van der Waals surface area contributed by atoms with Crippen LogP contribution in [0.5, 0.6) is 0 Å². The monoisotopic (exact) mass is 419 g/mol. The largest absolute Gasteiger partial charge is 0.334 e. The van der Waals surface area contributed by atoms with E-state index in [1.807, 2.05) is 24.3 Å². The van der Waals surface area contributed by atoms with Crippen molar-refractivity contribution in [3.8, 4) is 11.4 Å². The first-order valence-corrected chi connectivity index (χ1v) is 10.7. The van der Waals surface area contributed by atoms with E-state index in [4.69, 9.17) is 16.1 Å². The average molecular weight is 420 g/mol. The van der Waals surface area contributed by atoms with Crippen molar-refractivity contribution in [2.45, 2.75) is 31.7 Å². The van der Waals surface area contributed by atoms with Gasteiger partial charge in [0.25, 0.3) is 5.89 Å². The molecule has 30 heavy (non-hydrogen) atoms. The fourth-order valence-electron chi connectivity index (χ4n) is 4.29. The number of rotatable bonds is 5. The Kier molecular flexibility index (Phi) is 6.49. The molecule has 0 N–H and O–H groups in total. The van der Waals surface area contributed by atoms with E-state index in [-0.39, 0.29) is 0 Å². The Labute approximate surface area is 182 Å². The Hall–Kier alpha value is -2.65. The highest BCUT2D eigenvalue weighted by Gasteiger charge is 2.27. The van der Waals surface area contributed by atoms with E-state index in [2.05, 4.69) is 65.2 Å². The second-order valence-electron chi connectivity index (χ2n) is 8.02. The first kappa shape index (κ1) is 20.6. The number of allylic oxidation sites excluding steroid dienone is 1. The van der Waals surface area contributed by atoms with Crippen LogP contribution in [0.15, 0.2) is 70.4 Å². The predicted molar refractivity (Wildman–Crippen MR) is 121 cm³/mol. The molecule has 0 amide bonds. The lowest BCUT2D eigenvalue weighted by Crippen LogP contribution is -2.29. The van der Waals surface area contributed by atoms with Gasteiger partial charge in [0.2, 0.25) is 5.82 Å². The zero-order valence-corrected chi connectivity index (χ0v) is 18.1. The molecule has 3 aromatic rings. The quantitative estimate of drug-likeness (QED) is 0.447. The summed E-state index contributed by atoms with van der Waals surface area (Å²) in [5, 5.41) is 4.70. The van der Waals surface area contributed by atoms with Gasteiger partial charge in [-0.15, -0.1) is 5.73 Å². The summed E-state index contributed by atoms with van der Waals surface area (Å²) in [6, 6.07) is 18.7. The number of nitrogens with zero attached hydrogens (tertiary/aromatic N) is 3. The predicted octanol–water partition coefficient (Wildman–Crippen LogP) is 6.42. The van der Waals surface area contributed by atoms with Gasteiger partial charge in [-0.05, 0) is 69.0 Å². The highest BCUT2D eigenvalue weighted by molar-refractivity contribution is 6.30. The van der Waals surface area contributed by atoms with E-state index in [0.717, 1.165) is 31.2 Å². The lowest BCUT2D eigenvalue weighted by molar-refractivity contribution is 0.183. The van der Waals surface area contributed by atoms with Gasteiger partial charge >= 0.3 is 0 Å². The van der Waals surface area contributed by atoms with Crippen LogP contribution in [0.3, 0.4) is 0 Å². The van der Waals surface area contributed by atoms with Gasteiger partial charge in [-0.2, -0.15) is 4.98 Å². The summed E-state index contributed by atoms with van der Waals surface area (Å²) in [6.45, 7) is 0. The van der Waals surface area contributed by atoms with Gasteiger partial charge in [0.15, 0.2) is 0 Å². The zero-order chi connectivity index (χ0) is 20.9. The molecule has 1 unspecified atom stereocenters. The van der Waals surface area contributed by atoms with Gasteiger partial charge in [-0.3, -0.25) is 0 Å². The Morgan fingerprint density at radius 3 is 2.57 bits per heavy atom. The Balaban J connectivity index is 1.43. The van der Waals surface area contributed by atoms with Crippen LogP contribution in [0.25, 0.3) is 17.5 Å². The van der Waals surface area contributed by atoms with Crippen LogP contribution in [0.4, 0.5) is 0 Å². The normalized spacial score (nSPS) is 17.6. The zero-order valence-electron chi connectivity index (χ0n) is 17.4. The first-order valence-electron chi connectivity index (χ1n) is 10.4. The van der Waals surface area contributed by atoms with Crippen molar-refractivity contribution in [3.63, 3.8) is 0 Å². The van der Waals surface area contributed by atoms with Gasteiger partial charge in [0.1, 0.15) is 0 Å². The van der Waals surface area contributed by atoms with Gasteiger partial charge in [-0.1, -0.05) is 59.2 Å². The van der Waals surface area contributed by atoms with E-state index in [0.29, 0.717) is 28.7 Å². The van der Waals surface area contributed by atoms with Crippen molar-refractivity contribution in [2.75, 3.05) is 14.1 Å². The third-order valence-corrected chi connectivity index (χ3v) is 5.94. The molecule has 1 atom stereocenters. The van der Waals surface area contributed by atoms with Gasteiger partial charge < -0.3 is 9.42 Å². The summed E-state index contributed by atoms with van der Waals surface area (Å²) in [5.41, 5.74) is 6.96.